The van der Waals surface area contributed by atoms with Crippen LogP contribution in [0.25, 0.3) is 0 Å². The average Bonchev–Trinajstić information content (AvgIpc) is 2.85. The van der Waals surface area contributed by atoms with E-state index in [9.17, 15) is 4.57 Å². The molecule has 0 spiro atoms. The van der Waals surface area contributed by atoms with Gasteiger partial charge in [-0.15, -0.1) is 0 Å². The number of hydrogen-bond acceptors (Lipinski definition) is 5. The molecule has 0 aromatic rings. The second-order valence-corrected chi connectivity index (χ2v) is 7.13. The van der Waals surface area contributed by atoms with Gasteiger partial charge < -0.3 is 18.8 Å². The molecule has 1 aliphatic rings. The van der Waals surface area contributed by atoms with Gasteiger partial charge in [-0.3, -0.25) is 4.57 Å². The molecule has 0 amide bonds. The summed E-state index contributed by atoms with van der Waals surface area (Å²) >= 11 is 0. The van der Waals surface area contributed by atoms with Crippen molar-refractivity contribution in [3.05, 3.63) is 12.4 Å². The Bertz CT molecular complexity index is 326. The first kappa shape index (κ1) is 17.5. The minimum Gasteiger partial charge on any atom is -0.359 e. The van der Waals surface area contributed by atoms with Crippen LogP contribution >= 0.6 is 7.60 Å². The normalized spacial score (nSPS) is 15.3. The lowest BCUT2D eigenvalue weighted by atomic mass is 10.3. The van der Waals surface area contributed by atoms with Gasteiger partial charge in [0.05, 0.1) is 26.0 Å². The largest absolute Gasteiger partial charge is 0.359 e. The lowest BCUT2D eigenvalue weighted by Gasteiger charge is -2.22. The maximum Gasteiger partial charge on any atom is 0.330 e. The second-order valence-electron chi connectivity index (χ2n) is 4.94. The molecule has 0 aromatic carbocycles. The molecule has 0 atom stereocenters. The van der Waals surface area contributed by atoms with Crippen LogP contribution in [0.2, 0.25) is 0 Å². The molecular weight excluding hydrogens is 275 g/mol. The molecule has 20 heavy (non-hydrogen) atoms. The quantitative estimate of drug-likeness (QED) is 0.547. The van der Waals surface area contributed by atoms with E-state index in [0.29, 0.717) is 19.4 Å². The van der Waals surface area contributed by atoms with E-state index in [0.717, 1.165) is 26.2 Å². The zero-order chi connectivity index (χ0) is 14.8. The molecule has 0 N–H and O–H groups in total. The summed E-state index contributed by atoms with van der Waals surface area (Å²) in [6.07, 6.45) is 8.01. The van der Waals surface area contributed by atoms with Crippen LogP contribution in [0.1, 0.15) is 40.0 Å². The van der Waals surface area contributed by atoms with E-state index in [1.807, 2.05) is 13.8 Å². The highest BCUT2D eigenvalue weighted by Crippen LogP contribution is 2.48. The summed E-state index contributed by atoms with van der Waals surface area (Å²) in [5.74, 6) is 0. The zero-order valence-electron chi connectivity index (χ0n) is 13.1. The third-order valence-corrected chi connectivity index (χ3v) is 5.35. The molecule has 0 fully saturated rings. The Labute approximate surface area is 123 Å². The molecule has 0 saturated heterocycles. The van der Waals surface area contributed by atoms with Crippen LogP contribution in [-0.4, -0.2) is 48.9 Å². The fraction of sp³-hybridized carbons (Fsp3) is 0.857. The van der Waals surface area contributed by atoms with Crippen LogP contribution in [0.3, 0.4) is 0 Å². The SMILES string of the molecule is CCCCN1C=CN(CCCP(=O)(OCC)OCC)C1. The molecule has 6 heteroatoms. The minimum atomic E-state index is -2.87. The lowest BCUT2D eigenvalue weighted by molar-refractivity contribution is 0.216. The minimum absolute atomic E-state index is 0.436. The van der Waals surface area contributed by atoms with Crippen molar-refractivity contribution < 1.29 is 13.6 Å². The van der Waals surface area contributed by atoms with E-state index in [4.69, 9.17) is 9.05 Å². The van der Waals surface area contributed by atoms with Gasteiger partial charge in [-0.25, -0.2) is 0 Å². The summed E-state index contributed by atoms with van der Waals surface area (Å²) in [5, 5.41) is 0. The van der Waals surface area contributed by atoms with E-state index in [1.54, 1.807) is 0 Å². The van der Waals surface area contributed by atoms with E-state index < -0.39 is 7.60 Å². The van der Waals surface area contributed by atoms with Crippen LogP contribution in [0.15, 0.2) is 12.4 Å². The summed E-state index contributed by atoms with van der Waals surface area (Å²) in [6, 6.07) is 0. The first-order valence-electron chi connectivity index (χ1n) is 7.68. The predicted molar refractivity (Wildman–Crippen MR) is 82.7 cm³/mol. The summed E-state index contributed by atoms with van der Waals surface area (Å²) < 4.78 is 22.9. The summed E-state index contributed by atoms with van der Waals surface area (Å²) in [7, 11) is -2.87. The Morgan fingerprint density at radius 3 is 2.05 bits per heavy atom. The highest BCUT2D eigenvalue weighted by atomic mass is 31.2. The van der Waals surface area contributed by atoms with Crippen molar-refractivity contribution in [2.24, 2.45) is 0 Å². The molecule has 0 radical (unpaired) electrons. The summed E-state index contributed by atoms with van der Waals surface area (Å²) in [4.78, 5) is 4.56. The molecule has 0 saturated carbocycles. The maximum atomic E-state index is 12.3. The third kappa shape index (κ3) is 6.29. The van der Waals surface area contributed by atoms with Crippen LogP contribution < -0.4 is 0 Å². The predicted octanol–water partition coefficient (Wildman–Crippen LogP) is 3.49. The van der Waals surface area contributed by atoms with Crippen LogP contribution in [-0.2, 0) is 13.6 Å². The molecule has 0 aliphatic carbocycles. The van der Waals surface area contributed by atoms with Gasteiger partial charge in [-0.2, -0.15) is 0 Å². The highest BCUT2D eigenvalue weighted by molar-refractivity contribution is 7.53. The molecule has 118 valence electrons. The van der Waals surface area contributed by atoms with Gasteiger partial charge >= 0.3 is 7.60 Å². The van der Waals surface area contributed by atoms with Gasteiger partial charge in [0.25, 0.3) is 0 Å². The Kier molecular flexibility index (Phi) is 8.27. The van der Waals surface area contributed by atoms with E-state index >= 15 is 0 Å². The van der Waals surface area contributed by atoms with Gasteiger partial charge in [0, 0.05) is 25.5 Å². The maximum absolute atomic E-state index is 12.3. The van der Waals surface area contributed by atoms with Crippen molar-refractivity contribution in [1.82, 2.24) is 9.80 Å². The third-order valence-electron chi connectivity index (χ3n) is 3.18. The van der Waals surface area contributed by atoms with Crippen molar-refractivity contribution in [3.63, 3.8) is 0 Å². The van der Waals surface area contributed by atoms with E-state index in [1.165, 1.54) is 12.8 Å². The number of nitrogens with zero attached hydrogens (tertiary/aromatic N) is 2. The lowest BCUT2D eigenvalue weighted by Crippen LogP contribution is -2.27. The topological polar surface area (TPSA) is 42.0 Å². The zero-order valence-corrected chi connectivity index (χ0v) is 14.0. The van der Waals surface area contributed by atoms with Crippen molar-refractivity contribution in [2.75, 3.05) is 39.1 Å². The summed E-state index contributed by atoms with van der Waals surface area (Å²) in [5.41, 5.74) is 0. The molecule has 1 heterocycles. The van der Waals surface area contributed by atoms with Gasteiger partial charge in [0.2, 0.25) is 0 Å². The Morgan fingerprint density at radius 1 is 1.00 bits per heavy atom. The van der Waals surface area contributed by atoms with Crippen LogP contribution in [0.4, 0.5) is 0 Å². The smallest absolute Gasteiger partial charge is 0.330 e. The molecular formula is C14H29N2O3P. The molecule has 0 aromatic heterocycles. The average molecular weight is 304 g/mol. The highest BCUT2D eigenvalue weighted by Gasteiger charge is 2.23. The Morgan fingerprint density at radius 2 is 1.55 bits per heavy atom. The van der Waals surface area contributed by atoms with Crippen LogP contribution in [0, 0.1) is 0 Å². The first-order valence-corrected chi connectivity index (χ1v) is 9.41. The van der Waals surface area contributed by atoms with Crippen molar-refractivity contribution in [3.8, 4) is 0 Å². The van der Waals surface area contributed by atoms with Crippen LogP contribution in [0.5, 0.6) is 0 Å². The van der Waals surface area contributed by atoms with Crippen molar-refractivity contribution in [1.29, 1.82) is 0 Å². The Balaban J connectivity index is 2.24. The van der Waals surface area contributed by atoms with Gasteiger partial charge in [0.15, 0.2) is 0 Å². The number of rotatable bonds is 11. The standard InChI is InChI=1S/C14H29N2O3P/c1-4-7-9-15-11-12-16(14-15)10-8-13-20(17,18-5-2)19-6-3/h11-12H,4-10,13-14H2,1-3H3. The fourth-order valence-electron chi connectivity index (χ4n) is 2.20. The number of unbranched alkanes of at least 4 members (excludes halogenated alkanes) is 1. The molecule has 1 rings (SSSR count). The fourth-order valence-corrected chi connectivity index (χ4v) is 3.84. The van der Waals surface area contributed by atoms with Gasteiger partial charge in [0.1, 0.15) is 0 Å². The first-order chi connectivity index (χ1) is 9.63. The van der Waals surface area contributed by atoms with Crippen molar-refractivity contribution >= 4 is 7.60 Å². The molecule has 1 aliphatic heterocycles. The molecule has 0 bridgehead atoms. The Hall–Kier alpha value is -0.510. The van der Waals surface area contributed by atoms with Gasteiger partial charge in [-0.05, 0) is 26.7 Å². The number of hydrogen-bond donors (Lipinski definition) is 0. The molecule has 0 unspecified atom stereocenters. The van der Waals surface area contributed by atoms with E-state index in [-0.39, 0.29) is 0 Å². The molecule has 5 nitrogen and oxygen atoms in total. The van der Waals surface area contributed by atoms with Crippen molar-refractivity contribution in [2.45, 2.75) is 40.0 Å². The second kappa shape index (κ2) is 9.43. The van der Waals surface area contributed by atoms with E-state index in [2.05, 4.69) is 29.1 Å². The summed E-state index contributed by atoms with van der Waals surface area (Å²) in [6.45, 7) is 9.71. The van der Waals surface area contributed by atoms with Gasteiger partial charge in [-0.1, -0.05) is 13.3 Å². The monoisotopic (exact) mass is 304 g/mol.